The van der Waals surface area contributed by atoms with Gasteiger partial charge in [0.05, 0.1) is 0 Å². The molecule has 124 valence electrons. The van der Waals surface area contributed by atoms with E-state index in [1.165, 1.54) is 0 Å². The first-order valence-corrected chi connectivity index (χ1v) is 9.20. The Morgan fingerprint density at radius 3 is 2.88 bits per heavy atom. The summed E-state index contributed by atoms with van der Waals surface area (Å²) in [4.78, 5) is 28.0. The first kappa shape index (κ1) is 15.4. The lowest BCUT2D eigenvalue weighted by molar-refractivity contribution is -0.129. The van der Waals surface area contributed by atoms with Crippen molar-refractivity contribution in [1.29, 1.82) is 0 Å². The maximum Gasteiger partial charge on any atom is 0.250 e. The van der Waals surface area contributed by atoms with Crippen LogP contribution < -0.4 is 5.56 Å². The van der Waals surface area contributed by atoms with Crippen molar-refractivity contribution in [2.75, 3.05) is 13.1 Å². The average molecular weight is 340 g/mol. The average Bonchev–Trinajstić information content (AvgIpc) is 3.08. The van der Waals surface area contributed by atoms with Crippen LogP contribution in [0.1, 0.15) is 29.8 Å². The van der Waals surface area contributed by atoms with Crippen molar-refractivity contribution in [1.82, 2.24) is 9.47 Å². The normalized spacial score (nSPS) is 23.0. The van der Waals surface area contributed by atoms with Crippen LogP contribution in [0, 0.1) is 5.92 Å². The van der Waals surface area contributed by atoms with Gasteiger partial charge in [-0.3, -0.25) is 9.59 Å². The van der Waals surface area contributed by atoms with Gasteiger partial charge < -0.3 is 9.47 Å². The first-order valence-electron chi connectivity index (χ1n) is 8.32. The second-order valence-electron chi connectivity index (χ2n) is 6.75. The summed E-state index contributed by atoms with van der Waals surface area (Å²) in [6.07, 6.45) is 3.04. The van der Waals surface area contributed by atoms with E-state index >= 15 is 0 Å². The number of carbonyl (C=O) groups excluding carboxylic acids is 1. The van der Waals surface area contributed by atoms with E-state index in [1.807, 2.05) is 52.1 Å². The quantitative estimate of drug-likeness (QED) is 0.789. The highest BCUT2D eigenvalue weighted by Crippen LogP contribution is 2.35. The van der Waals surface area contributed by atoms with Crippen molar-refractivity contribution in [3.8, 4) is 0 Å². The van der Waals surface area contributed by atoms with E-state index < -0.39 is 0 Å². The number of piperidine rings is 1. The zero-order valence-electron chi connectivity index (χ0n) is 13.6. The van der Waals surface area contributed by atoms with Gasteiger partial charge in [0.15, 0.2) is 0 Å². The van der Waals surface area contributed by atoms with Crippen LogP contribution in [0.3, 0.4) is 0 Å². The molecule has 4 rings (SSSR count). The van der Waals surface area contributed by atoms with E-state index in [9.17, 15) is 9.59 Å². The third-order valence-electron chi connectivity index (χ3n) is 5.01. The van der Waals surface area contributed by atoms with Gasteiger partial charge in [-0.05, 0) is 42.9 Å². The van der Waals surface area contributed by atoms with E-state index in [-0.39, 0.29) is 17.4 Å². The molecule has 2 bridgehead atoms. The summed E-state index contributed by atoms with van der Waals surface area (Å²) < 4.78 is 1.90. The predicted octanol–water partition coefficient (Wildman–Crippen LogP) is 2.96. The van der Waals surface area contributed by atoms with Crippen molar-refractivity contribution in [2.45, 2.75) is 25.8 Å². The molecule has 2 aromatic heterocycles. The molecule has 2 aliphatic heterocycles. The lowest BCUT2D eigenvalue weighted by Crippen LogP contribution is -2.49. The van der Waals surface area contributed by atoms with Gasteiger partial charge in [0.2, 0.25) is 5.91 Å². The van der Waals surface area contributed by atoms with Crippen LogP contribution >= 0.6 is 11.3 Å². The summed E-state index contributed by atoms with van der Waals surface area (Å²) in [6, 6.07) is 9.51. The molecule has 0 N–H and O–H groups in total. The number of nitrogens with zero attached hydrogens (tertiary/aromatic N) is 2. The van der Waals surface area contributed by atoms with E-state index in [0.717, 1.165) is 35.7 Å². The molecule has 4 heterocycles. The first-order chi connectivity index (χ1) is 11.6. The van der Waals surface area contributed by atoms with Gasteiger partial charge in [0.1, 0.15) is 0 Å². The zero-order chi connectivity index (χ0) is 16.7. The minimum atomic E-state index is 0.0794. The third-order valence-corrected chi connectivity index (χ3v) is 5.83. The molecule has 0 aromatic carbocycles. The molecule has 24 heavy (non-hydrogen) atoms. The number of pyridine rings is 1. The van der Waals surface area contributed by atoms with Crippen molar-refractivity contribution in [3.63, 3.8) is 0 Å². The van der Waals surface area contributed by atoms with Crippen molar-refractivity contribution in [3.05, 3.63) is 62.2 Å². The Labute approximate surface area is 145 Å². The highest BCUT2D eigenvalue weighted by atomic mass is 32.1. The molecule has 2 aliphatic rings. The molecule has 0 aliphatic carbocycles. The van der Waals surface area contributed by atoms with Gasteiger partial charge in [-0.1, -0.05) is 12.1 Å². The number of fused-ring (bicyclic) bond motifs is 4. The van der Waals surface area contributed by atoms with Crippen molar-refractivity contribution < 1.29 is 4.79 Å². The maximum absolute atomic E-state index is 12.8. The molecule has 4 nitrogen and oxygen atoms in total. The molecule has 2 aromatic rings. The summed E-state index contributed by atoms with van der Waals surface area (Å²) in [6.45, 7) is 4.06. The number of hydrogen-bond acceptors (Lipinski definition) is 3. The van der Waals surface area contributed by atoms with Gasteiger partial charge in [-0.25, -0.2) is 0 Å². The van der Waals surface area contributed by atoms with Gasteiger partial charge in [0, 0.05) is 47.8 Å². The lowest BCUT2D eigenvalue weighted by Gasteiger charge is -2.42. The number of hydrogen-bond donors (Lipinski definition) is 0. The van der Waals surface area contributed by atoms with Gasteiger partial charge >= 0.3 is 0 Å². The summed E-state index contributed by atoms with van der Waals surface area (Å²) in [5.41, 5.74) is 1.94. The Kier molecular flexibility index (Phi) is 3.88. The number of rotatable bonds is 2. The molecule has 1 amide bonds. The molecule has 2 unspecified atom stereocenters. The Hall–Kier alpha value is -2.14. The molecule has 1 fully saturated rings. The van der Waals surface area contributed by atoms with Crippen LogP contribution in [0.15, 0.2) is 46.1 Å². The van der Waals surface area contributed by atoms with Crippen molar-refractivity contribution in [2.24, 2.45) is 5.92 Å². The summed E-state index contributed by atoms with van der Waals surface area (Å²) in [5, 5.41) is 2.02. The summed E-state index contributed by atoms with van der Waals surface area (Å²) >= 11 is 1.64. The highest BCUT2D eigenvalue weighted by molar-refractivity contribution is 7.10. The standard InChI is InChI=1S/C19H20N2O2S/c1-13(8-16-4-3-7-24-16)19(23)20-10-14-9-15(12-20)17-5-2-6-18(22)21(17)11-14/h2-8,14-15H,9-12H2,1H3. The van der Waals surface area contributed by atoms with Crippen LogP contribution in [0.25, 0.3) is 6.08 Å². The van der Waals surface area contributed by atoms with Gasteiger partial charge in [0.25, 0.3) is 5.56 Å². The van der Waals surface area contributed by atoms with E-state index in [2.05, 4.69) is 0 Å². The minimum absolute atomic E-state index is 0.0794. The molecule has 0 spiro atoms. The SMILES string of the molecule is CC(=Cc1cccs1)C(=O)N1CC2CC(C1)c1cccc(=O)n1C2. The fourth-order valence-corrected chi connectivity index (χ4v) is 4.68. The Morgan fingerprint density at radius 1 is 1.21 bits per heavy atom. The van der Waals surface area contributed by atoms with E-state index in [0.29, 0.717) is 12.5 Å². The largest absolute Gasteiger partial charge is 0.338 e. The fraction of sp³-hybridized carbons (Fsp3) is 0.368. The summed E-state index contributed by atoms with van der Waals surface area (Å²) in [5.74, 6) is 0.754. The fourth-order valence-electron chi connectivity index (χ4n) is 3.96. The van der Waals surface area contributed by atoms with Gasteiger partial charge in [-0.15, -0.1) is 11.3 Å². The minimum Gasteiger partial charge on any atom is -0.338 e. The van der Waals surface area contributed by atoms with Crippen LogP contribution in [0.2, 0.25) is 0 Å². The number of likely N-dealkylation sites (tertiary alicyclic amines) is 1. The van der Waals surface area contributed by atoms with Crippen LogP contribution in [0.5, 0.6) is 0 Å². The van der Waals surface area contributed by atoms with Crippen molar-refractivity contribution >= 4 is 23.3 Å². The van der Waals surface area contributed by atoms with E-state index in [1.54, 1.807) is 17.4 Å². The molecular formula is C19H20N2O2S. The smallest absolute Gasteiger partial charge is 0.250 e. The monoisotopic (exact) mass is 340 g/mol. The predicted molar refractivity (Wildman–Crippen MR) is 96.1 cm³/mol. The second kappa shape index (κ2) is 6.06. The molecular weight excluding hydrogens is 320 g/mol. The van der Waals surface area contributed by atoms with Crippen LogP contribution in [0.4, 0.5) is 0 Å². The topological polar surface area (TPSA) is 42.3 Å². The van der Waals surface area contributed by atoms with Crippen LogP contribution in [-0.2, 0) is 11.3 Å². The van der Waals surface area contributed by atoms with Gasteiger partial charge in [-0.2, -0.15) is 0 Å². The second-order valence-corrected chi connectivity index (χ2v) is 7.73. The Bertz CT molecular complexity index is 851. The zero-order valence-corrected chi connectivity index (χ0v) is 14.5. The molecule has 2 atom stereocenters. The highest BCUT2D eigenvalue weighted by Gasteiger charge is 2.36. The number of amides is 1. The Balaban J connectivity index is 1.58. The number of carbonyl (C=O) groups is 1. The lowest BCUT2D eigenvalue weighted by atomic mass is 9.83. The molecule has 5 heteroatoms. The molecule has 1 saturated heterocycles. The van der Waals surface area contributed by atoms with Crippen LogP contribution in [-0.4, -0.2) is 28.5 Å². The summed E-state index contributed by atoms with van der Waals surface area (Å²) in [7, 11) is 0. The van der Waals surface area contributed by atoms with E-state index in [4.69, 9.17) is 0 Å². The molecule has 0 saturated carbocycles. The maximum atomic E-state index is 12.8. The Morgan fingerprint density at radius 2 is 2.08 bits per heavy atom. The number of aromatic nitrogens is 1. The molecule has 0 radical (unpaired) electrons. The number of thiophene rings is 1. The third kappa shape index (κ3) is 2.73.